The van der Waals surface area contributed by atoms with Gasteiger partial charge in [0, 0.05) is 24.4 Å². The lowest BCUT2D eigenvalue weighted by Crippen LogP contribution is -2.33. The standard InChI is InChI=1S/C20H22N8/c1-14-25-18(8-20(26-14)27-17-6-5-16(9-21)22-12-17)19-4-2-3-7-28(19)13-15-10-23-24-11-15/h5-6,8,10-12,19H,2-4,7,13H2,1H3,(H,23,24)(H,25,26,27)/t19-/m1/s1. The van der Waals surface area contributed by atoms with Crippen molar-refractivity contribution in [1.29, 1.82) is 5.26 Å². The maximum absolute atomic E-state index is 8.89. The summed E-state index contributed by atoms with van der Waals surface area (Å²) in [5.74, 6) is 1.47. The average molecular weight is 374 g/mol. The van der Waals surface area contributed by atoms with Crippen molar-refractivity contribution in [3.05, 3.63) is 59.6 Å². The number of aromatic amines is 1. The summed E-state index contributed by atoms with van der Waals surface area (Å²) in [5, 5.41) is 19.1. The number of H-pyrrole nitrogens is 1. The van der Waals surface area contributed by atoms with Crippen LogP contribution in [-0.4, -0.2) is 36.6 Å². The number of piperidine rings is 1. The predicted octanol–water partition coefficient (Wildman–Crippen LogP) is 3.25. The maximum Gasteiger partial charge on any atom is 0.140 e. The number of anilines is 2. The van der Waals surface area contributed by atoms with Crippen LogP contribution in [0.3, 0.4) is 0 Å². The molecule has 0 aromatic carbocycles. The highest BCUT2D eigenvalue weighted by Gasteiger charge is 2.26. The zero-order valence-electron chi connectivity index (χ0n) is 15.8. The van der Waals surface area contributed by atoms with Gasteiger partial charge in [-0.3, -0.25) is 10.00 Å². The summed E-state index contributed by atoms with van der Waals surface area (Å²) in [4.78, 5) is 15.8. The highest BCUT2D eigenvalue weighted by molar-refractivity contribution is 5.55. The number of rotatable bonds is 5. The van der Waals surface area contributed by atoms with Gasteiger partial charge in [0.25, 0.3) is 0 Å². The van der Waals surface area contributed by atoms with Crippen LogP contribution in [0.4, 0.5) is 11.5 Å². The van der Waals surface area contributed by atoms with Crippen molar-refractivity contribution in [1.82, 2.24) is 30.0 Å². The summed E-state index contributed by atoms with van der Waals surface area (Å²) in [6.45, 7) is 3.81. The SMILES string of the molecule is Cc1nc(Nc2ccc(C#N)nc2)cc([C@H]2CCCCN2Cc2cn[nH]c2)n1. The largest absolute Gasteiger partial charge is 0.339 e. The van der Waals surface area contributed by atoms with Crippen LogP contribution < -0.4 is 5.32 Å². The Kier molecular flexibility index (Phi) is 5.26. The Morgan fingerprint density at radius 2 is 2.21 bits per heavy atom. The maximum atomic E-state index is 8.89. The van der Waals surface area contributed by atoms with Gasteiger partial charge in [-0.05, 0) is 38.4 Å². The van der Waals surface area contributed by atoms with Crippen molar-refractivity contribution in [2.45, 2.75) is 38.8 Å². The van der Waals surface area contributed by atoms with E-state index in [1.807, 2.05) is 37.5 Å². The minimum Gasteiger partial charge on any atom is -0.339 e. The molecule has 1 fully saturated rings. The summed E-state index contributed by atoms with van der Waals surface area (Å²) < 4.78 is 0. The minimum atomic E-state index is 0.255. The van der Waals surface area contributed by atoms with Gasteiger partial charge in [-0.25, -0.2) is 15.0 Å². The molecule has 4 heterocycles. The van der Waals surface area contributed by atoms with Gasteiger partial charge in [0.15, 0.2) is 0 Å². The van der Waals surface area contributed by atoms with E-state index >= 15 is 0 Å². The molecule has 0 unspecified atom stereocenters. The van der Waals surface area contributed by atoms with Gasteiger partial charge in [-0.15, -0.1) is 0 Å². The number of hydrogen-bond acceptors (Lipinski definition) is 7. The number of pyridine rings is 1. The van der Waals surface area contributed by atoms with E-state index in [-0.39, 0.29) is 6.04 Å². The molecule has 1 atom stereocenters. The Balaban J connectivity index is 1.56. The van der Waals surface area contributed by atoms with E-state index in [2.05, 4.69) is 30.4 Å². The smallest absolute Gasteiger partial charge is 0.140 e. The fourth-order valence-corrected chi connectivity index (χ4v) is 3.62. The summed E-state index contributed by atoms with van der Waals surface area (Å²) >= 11 is 0. The Bertz CT molecular complexity index is 959. The van der Waals surface area contributed by atoms with E-state index in [1.165, 1.54) is 18.4 Å². The molecule has 142 valence electrons. The third-order valence-electron chi connectivity index (χ3n) is 4.90. The third kappa shape index (κ3) is 4.15. The summed E-state index contributed by atoms with van der Waals surface area (Å²) in [7, 11) is 0. The first-order valence-corrected chi connectivity index (χ1v) is 9.42. The van der Waals surface area contributed by atoms with Gasteiger partial charge in [0.2, 0.25) is 0 Å². The van der Waals surface area contributed by atoms with Gasteiger partial charge >= 0.3 is 0 Å². The zero-order chi connectivity index (χ0) is 19.3. The number of nitrogens with one attached hydrogen (secondary N) is 2. The normalized spacial score (nSPS) is 17.2. The molecular weight excluding hydrogens is 352 g/mol. The zero-order valence-corrected chi connectivity index (χ0v) is 15.8. The molecule has 28 heavy (non-hydrogen) atoms. The quantitative estimate of drug-likeness (QED) is 0.706. The Morgan fingerprint density at radius 1 is 1.29 bits per heavy atom. The number of likely N-dealkylation sites (tertiary alicyclic amines) is 1. The molecule has 0 bridgehead atoms. The topological polar surface area (TPSA) is 106 Å². The molecule has 4 rings (SSSR count). The Morgan fingerprint density at radius 3 is 2.96 bits per heavy atom. The third-order valence-corrected chi connectivity index (χ3v) is 4.90. The highest BCUT2D eigenvalue weighted by atomic mass is 15.2. The van der Waals surface area contributed by atoms with Crippen LogP contribution in [0.25, 0.3) is 0 Å². The van der Waals surface area contributed by atoms with Gasteiger partial charge in [0.05, 0.1) is 29.8 Å². The number of aryl methyl sites for hydroxylation is 1. The number of nitriles is 1. The number of hydrogen-bond donors (Lipinski definition) is 2. The van der Waals surface area contributed by atoms with Crippen LogP contribution in [0.15, 0.2) is 36.8 Å². The molecule has 0 saturated carbocycles. The van der Waals surface area contributed by atoms with Crippen LogP contribution >= 0.6 is 0 Å². The molecule has 8 heteroatoms. The highest BCUT2D eigenvalue weighted by Crippen LogP contribution is 2.32. The molecule has 0 spiro atoms. The monoisotopic (exact) mass is 374 g/mol. The number of nitrogens with zero attached hydrogens (tertiary/aromatic N) is 6. The molecule has 1 saturated heterocycles. The predicted molar refractivity (Wildman–Crippen MR) is 105 cm³/mol. The fourth-order valence-electron chi connectivity index (χ4n) is 3.62. The van der Waals surface area contributed by atoms with Crippen LogP contribution in [0.5, 0.6) is 0 Å². The van der Waals surface area contributed by atoms with E-state index in [9.17, 15) is 0 Å². The molecular formula is C20H22N8. The first-order valence-electron chi connectivity index (χ1n) is 9.42. The molecule has 0 radical (unpaired) electrons. The first kappa shape index (κ1) is 18.1. The number of aromatic nitrogens is 5. The van der Waals surface area contributed by atoms with Crippen LogP contribution in [0.1, 0.15) is 48.1 Å². The molecule has 0 amide bonds. The van der Waals surface area contributed by atoms with E-state index in [0.29, 0.717) is 5.69 Å². The summed E-state index contributed by atoms with van der Waals surface area (Å²) in [5.41, 5.74) is 3.39. The van der Waals surface area contributed by atoms with Crippen molar-refractivity contribution >= 4 is 11.5 Å². The lowest BCUT2D eigenvalue weighted by Gasteiger charge is -2.35. The fraction of sp³-hybridized carbons (Fsp3) is 0.350. The molecule has 1 aliphatic heterocycles. The molecule has 3 aromatic rings. The molecule has 0 aliphatic carbocycles. The van der Waals surface area contributed by atoms with Crippen molar-refractivity contribution in [3.8, 4) is 6.07 Å². The summed E-state index contributed by atoms with van der Waals surface area (Å²) in [6, 6.07) is 7.81. The van der Waals surface area contributed by atoms with E-state index in [0.717, 1.165) is 42.5 Å². The lowest BCUT2D eigenvalue weighted by molar-refractivity contribution is 0.137. The molecule has 1 aliphatic rings. The van der Waals surface area contributed by atoms with Crippen molar-refractivity contribution in [2.24, 2.45) is 0 Å². The Hall–Kier alpha value is -3.31. The average Bonchev–Trinajstić information content (AvgIpc) is 3.22. The Labute approximate surface area is 163 Å². The second-order valence-corrected chi connectivity index (χ2v) is 6.98. The molecule has 2 N–H and O–H groups in total. The summed E-state index contributed by atoms with van der Waals surface area (Å²) in [6.07, 6.45) is 8.93. The van der Waals surface area contributed by atoms with E-state index in [1.54, 1.807) is 12.3 Å². The van der Waals surface area contributed by atoms with Gasteiger partial charge in [-0.2, -0.15) is 10.4 Å². The van der Waals surface area contributed by atoms with Crippen LogP contribution in [0.2, 0.25) is 0 Å². The second-order valence-electron chi connectivity index (χ2n) is 6.98. The van der Waals surface area contributed by atoms with Crippen LogP contribution in [-0.2, 0) is 6.54 Å². The first-order chi connectivity index (χ1) is 13.7. The van der Waals surface area contributed by atoms with Gasteiger partial charge in [0.1, 0.15) is 23.4 Å². The van der Waals surface area contributed by atoms with Gasteiger partial charge in [-0.1, -0.05) is 6.42 Å². The van der Waals surface area contributed by atoms with Crippen molar-refractivity contribution in [2.75, 3.05) is 11.9 Å². The van der Waals surface area contributed by atoms with E-state index < -0.39 is 0 Å². The van der Waals surface area contributed by atoms with Crippen molar-refractivity contribution < 1.29 is 0 Å². The molecule has 3 aromatic heterocycles. The van der Waals surface area contributed by atoms with E-state index in [4.69, 9.17) is 10.2 Å². The van der Waals surface area contributed by atoms with Gasteiger partial charge < -0.3 is 5.32 Å². The second kappa shape index (κ2) is 8.15. The van der Waals surface area contributed by atoms with Crippen LogP contribution in [0, 0.1) is 18.3 Å². The lowest BCUT2D eigenvalue weighted by atomic mass is 9.98. The molecule has 8 nitrogen and oxygen atoms in total. The minimum absolute atomic E-state index is 0.255. The van der Waals surface area contributed by atoms with Crippen molar-refractivity contribution in [3.63, 3.8) is 0 Å².